The molecule has 0 bridgehead atoms. The highest BCUT2D eigenvalue weighted by molar-refractivity contribution is 7.89. The smallest absolute Gasteiger partial charge is 0.244 e. The van der Waals surface area contributed by atoms with E-state index in [1.165, 1.54) is 17.3 Å². The molecule has 1 fully saturated rings. The van der Waals surface area contributed by atoms with Gasteiger partial charge in [-0.15, -0.1) is 0 Å². The summed E-state index contributed by atoms with van der Waals surface area (Å²) in [6, 6.07) is 2.28. The Morgan fingerprint density at radius 2 is 2.14 bits per heavy atom. The lowest BCUT2D eigenvalue weighted by Crippen LogP contribution is -2.45. The molecule has 0 radical (unpaired) electrons. The number of aryl methyl sites for hydroxylation is 1. The number of hydrogen-bond acceptors (Lipinski definition) is 3. The Kier molecular flexibility index (Phi) is 4.92. The first kappa shape index (κ1) is 16.7. The summed E-state index contributed by atoms with van der Waals surface area (Å²) in [6.07, 6.45) is 1.68. The zero-order valence-corrected chi connectivity index (χ0v) is 13.7. The van der Waals surface area contributed by atoms with Crippen LogP contribution in [0.15, 0.2) is 17.0 Å². The van der Waals surface area contributed by atoms with Gasteiger partial charge in [-0.2, -0.15) is 4.31 Å². The summed E-state index contributed by atoms with van der Waals surface area (Å²) in [6.45, 7) is 4.23. The quantitative estimate of drug-likeness (QED) is 0.924. The van der Waals surface area contributed by atoms with Crippen molar-refractivity contribution in [1.29, 1.82) is 0 Å². The van der Waals surface area contributed by atoms with Gasteiger partial charge in [-0.1, -0.05) is 11.6 Å². The van der Waals surface area contributed by atoms with E-state index in [4.69, 9.17) is 17.3 Å². The van der Waals surface area contributed by atoms with Crippen molar-refractivity contribution in [2.24, 2.45) is 11.7 Å². The van der Waals surface area contributed by atoms with Crippen LogP contribution >= 0.6 is 11.6 Å². The third-order valence-corrected chi connectivity index (χ3v) is 6.32. The molecule has 4 nitrogen and oxygen atoms in total. The molecule has 1 aliphatic heterocycles. The zero-order valence-electron chi connectivity index (χ0n) is 12.1. The van der Waals surface area contributed by atoms with Crippen LogP contribution in [0.5, 0.6) is 0 Å². The molecular formula is C14H20ClFN2O2S. The van der Waals surface area contributed by atoms with Gasteiger partial charge in [-0.3, -0.25) is 0 Å². The molecule has 118 valence electrons. The van der Waals surface area contributed by atoms with Crippen LogP contribution in [0.2, 0.25) is 5.02 Å². The lowest BCUT2D eigenvalue weighted by molar-refractivity contribution is 0.243. The minimum absolute atomic E-state index is 0.0339. The second-order valence-corrected chi connectivity index (χ2v) is 7.97. The molecule has 2 N–H and O–H groups in total. The maximum atomic E-state index is 13.4. The molecule has 2 rings (SSSR count). The van der Waals surface area contributed by atoms with E-state index >= 15 is 0 Å². The van der Waals surface area contributed by atoms with Crippen molar-refractivity contribution in [3.8, 4) is 0 Å². The molecule has 0 amide bonds. The molecule has 0 spiro atoms. The van der Waals surface area contributed by atoms with Crippen molar-refractivity contribution < 1.29 is 12.8 Å². The fourth-order valence-electron chi connectivity index (χ4n) is 2.59. The standard InChI is InChI=1S/C14H20ClFN2O2S/c1-9-6-14(12(15)7-13(9)16)21(19,20)18-5-3-4-11(8-18)10(2)17/h6-7,10-11H,3-5,8,17H2,1-2H3. The van der Waals surface area contributed by atoms with E-state index in [0.717, 1.165) is 18.9 Å². The van der Waals surface area contributed by atoms with Crippen molar-refractivity contribution in [3.63, 3.8) is 0 Å². The summed E-state index contributed by atoms with van der Waals surface area (Å²) < 4.78 is 40.3. The predicted molar refractivity (Wildman–Crippen MR) is 81.3 cm³/mol. The topological polar surface area (TPSA) is 63.4 Å². The van der Waals surface area contributed by atoms with Gasteiger partial charge in [-0.25, -0.2) is 12.8 Å². The molecule has 1 heterocycles. The fraction of sp³-hybridized carbons (Fsp3) is 0.571. The van der Waals surface area contributed by atoms with Crippen LogP contribution in [-0.2, 0) is 10.0 Å². The highest BCUT2D eigenvalue weighted by Crippen LogP contribution is 2.30. The van der Waals surface area contributed by atoms with Gasteiger partial charge in [0.15, 0.2) is 0 Å². The lowest BCUT2D eigenvalue weighted by atomic mass is 9.93. The van der Waals surface area contributed by atoms with Gasteiger partial charge < -0.3 is 5.73 Å². The number of sulfonamides is 1. The van der Waals surface area contributed by atoms with Crippen LogP contribution in [0.25, 0.3) is 0 Å². The first-order chi connectivity index (χ1) is 9.73. The molecule has 1 saturated heterocycles. The van der Waals surface area contributed by atoms with Crippen molar-refractivity contribution in [3.05, 3.63) is 28.5 Å². The van der Waals surface area contributed by atoms with Crippen LogP contribution in [0.1, 0.15) is 25.3 Å². The number of benzene rings is 1. The molecule has 0 saturated carbocycles. The van der Waals surface area contributed by atoms with Crippen LogP contribution < -0.4 is 5.73 Å². The SMILES string of the molecule is Cc1cc(S(=O)(=O)N2CCCC(C(C)N)C2)c(Cl)cc1F. The number of piperidine rings is 1. The molecule has 21 heavy (non-hydrogen) atoms. The van der Waals surface area contributed by atoms with E-state index in [2.05, 4.69) is 0 Å². The van der Waals surface area contributed by atoms with Crippen LogP contribution in [-0.4, -0.2) is 31.9 Å². The van der Waals surface area contributed by atoms with Crippen molar-refractivity contribution in [1.82, 2.24) is 4.31 Å². The van der Waals surface area contributed by atoms with Crippen molar-refractivity contribution in [2.75, 3.05) is 13.1 Å². The average Bonchev–Trinajstić information content (AvgIpc) is 2.42. The molecule has 2 unspecified atom stereocenters. The Labute approximate surface area is 130 Å². The summed E-state index contributed by atoms with van der Waals surface area (Å²) in [7, 11) is -3.72. The van der Waals surface area contributed by atoms with Gasteiger partial charge >= 0.3 is 0 Å². The van der Waals surface area contributed by atoms with E-state index in [1.54, 1.807) is 0 Å². The fourth-order valence-corrected chi connectivity index (χ4v) is 4.70. The summed E-state index contributed by atoms with van der Waals surface area (Å²) in [5.74, 6) is -0.375. The summed E-state index contributed by atoms with van der Waals surface area (Å²) >= 11 is 5.93. The van der Waals surface area contributed by atoms with Gasteiger partial charge in [0.2, 0.25) is 10.0 Å². The van der Waals surface area contributed by atoms with Gasteiger partial charge in [0.1, 0.15) is 10.7 Å². The second-order valence-electron chi connectivity index (χ2n) is 5.66. The number of nitrogens with zero attached hydrogens (tertiary/aromatic N) is 1. The highest BCUT2D eigenvalue weighted by Gasteiger charge is 2.33. The molecule has 2 atom stereocenters. The summed E-state index contributed by atoms with van der Waals surface area (Å²) in [4.78, 5) is -0.0339. The Morgan fingerprint density at radius 1 is 1.48 bits per heavy atom. The first-order valence-corrected chi connectivity index (χ1v) is 8.76. The van der Waals surface area contributed by atoms with E-state index < -0.39 is 15.8 Å². The van der Waals surface area contributed by atoms with Gasteiger partial charge in [0.25, 0.3) is 0 Å². The Hall–Kier alpha value is -0.690. The minimum Gasteiger partial charge on any atom is -0.328 e. The largest absolute Gasteiger partial charge is 0.328 e. The molecule has 1 aliphatic rings. The third-order valence-electron chi connectivity index (χ3n) is 4.00. The average molecular weight is 335 g/mol. The van der Waals surface area contributed by atoms with E-state index in [-0.39, 0.29) is 27.4 Å². The Balaban J connectivity index is 2.36. The van der Waals surface area contributed by atoms with Gasteiger partial charge in [0, 0.05) is 19.1 Å². The maximum absolute atomic E-state index is 13.4. The van der Waals surface area contributed by atoms with Gasteiger partial charge in [-0.05, 0) is 50.3 Å². The van der Waals surface area contributed by atoms with Crippen LogP contribution in [0.4, 0.5) is 4.39 Å². The number of hydrogen-bond donors (Lipinski definition) is 1. The second kappa shape index (κ2) is 6.20. The van der Waals surface area contributed by atoms with Crippen LogP contribution in [0.3, 0.4) is 0 Å². The van der Waals surface area contributed by atoms with E-state index in [0.29, 0.717) is 13.1 Å². The number of halogens is 2. The summed E-state index contributed by atoms with van der Waals surface area (Å²) in [5, 5.41) is -0.0824. The summed E-state index contributed by atoms with van der Waals surface area (Å²) in [5.41, 5.74) is 6.15. The highest BCUT2D eigenvalue weighted by atomic mass is 35.5. The predicted octanol–water partition coefficient (Wildman–Crippen LogP) is 2.54. The van der Waals surface area contributed by atoms with E-state index in [1.807, 2.05) is 6.92 Å². The Morgan fingerprint density at radius 3 is 2.76 bits per heavy atom. The molecule has 1 aromatic rings. The molecule has 0 aliphatic carbocycles. The van der Waals surface area contributed by atoms with Crippen molar-refractivity contribution in [2.45, 2.75) is 37.6 Å². The maximum Gasteiger partial charge on any atom is 0.244 e. The molecule has 7 heteroatoms. The molecule has 0 aromatic heterocycles. The first-order valence-electron chi connectivity index (χ1n) is 6.95. The molecule has 1 aromatic carbocycles. The zero-order chi connectivity index (χ0) is 15.8. The normalized spacial score (nSPS) is 22.2. The third kappa shape index (κ3) is 3.39. The van der Waals surface area contributed by atoms with Crippen molar-refractivity contribution >= 4 is 21.6 Å². The monoisotopic (exact) mass is 334 g/mol. The van der Waals surface area contributed by atoms with E-state index in [9.17, 15) is 12.8 Å². The Bertz CT molecular complexity index is 634. The number of nitrogens with two attached hydrogens (primary N) is 1. The molecular weight excluding hydrogens is 315 g/mol. The van der Waals surface area contributed by atoms with Crippen LogP contribution in [0, 0.1) is 18.7 Å². The lowest BCUT2D eigenvalue weighted by Gasteiger charge is -2.34. The minimum atomic E-state index is -3.72. The number of rotatable bonds is 3. The van der Waals surface area contributed by atoms with Gasteiger partial charge in [0.05, 0.1) is 5.02 Å².